The minimum Gasteiger partial charge on any atom is -0.354 e. The first-order valence-electron chi connectivity index (χ1n) is 6.08. The van der Waals surface area contributed by atoms with Gasteiger partial charge in [-0.1, -0.05) is 40.7 Å². The van der Waals surface area contributed by atoms with Gasteiger partial charge in [0, 0.05) is 24.4 Å². The van der Waals surface area contributed by atoms with Gasteiger partial charge >= 0.3 is 0 Å². The average molecular weight is 207 g/mol. The first-order valence-corrected chi connectivity index (χ1v) is 6.08. The normalized spacial score (nSPS) is 22.5. The van der Waals surface area contributed by atoms with Crippen LogP contribution in [0.4, 0.5) is 0 Å². The van der Waals surface area contributed by atoms with Crippen LogP contribution in [0, 0.1) is 11.3 Å². The summed E-state index contributed by atoms with van der Waals surface area (Å²) in [5, 5.41) is 0. The fourth-order valence-corrected chi connectivity index (χ4v) is 2.19. The Balaban J connectivity index is 2.96. The second kappa shape index (κ2) is 4.42. The maximum absolute atomic E-state index is 2.43. The molecule has 0 fully saturated rings. The van der Waals surface area contributed by atoms with Crippen molar-refractivity contribution in [2.75, 3.05) is 7.05 Å². The lowest BCUT2D eigenvalue weighted by molar-refractivity contribution is 0.322. The van der Waals surface area contributed by atoms with Gasteiger partial charge < -0.3 is 4.90 Å². The molecule has 0 aromatic carbocycles. The highest BCUT2D eigenvalue weighted by atomic mass is 15.1. The summed E-state index contributed by atoms with van der Waals surface area (Å²) in [4.78, 5) is 2.31. The highest BCUT2D eigenvalue weighted by Crippen LogP contribution is 2.37. The summed E-state index contributed by atoms with van der Waals surface area (Å²) in [5.74, 6) is 0.604. The molecule has 0 aromatic heterocycles. The number of allylic oxidation sites excluding steroid dienone is 3. The molecular weight excluding hydrogens is 182 g/mol. The number of hydrogen-bond donors (Lipinski definition) is 0. The highest BCUT2D eigenvalue weighted by Gasteiger charge is 2.27. The summed E-state index contributed by atoms with van der Waals surface area (Å²) in [6.45, 7) is 11.5. The quantitative estimate of drug-likeness (QED) is 0.671. The van der Waals surface area contributed by atoms with E-state index in [1.54, 1.807) is 0 Å². The zero-order valence-corrected chi connectivity index (χ0v) is 11.1. The Morgan fingerprint density at radius 1 is 1.33 bits per heavy atom. The van der Waals surface area contributed by atoms with Crippen molar-refractivity contribution in [1.82, 2.24) is 4.90 Å². The molecular formula is C14H25N. The summed E-state index contributed by atoms with van der Waals surface area (Å²) in [5.41, 5.74) is 3.29. The summed E-state index contributed by atoms with van der Waals surface area (Å²) >= 11 is 0. The molecule has 86 valence electrons. The van der Waals surface area contributed by atoms with E-state index in [9.17, 15) is 0 Å². The molecule has 0 saturated heterocycles. The SMILES string of the molecule is CCC1=CN(C)C(C(C)(C)CC)=CC1C. The molecule has 1 heteroatoms. The van der Waals surface area contributed by atoms with Crippen LogP contribution in [0.1, 0.15) is 47.5 Å². The van der Waals surface area contributed by atoms with Gasteiger partial charge in [-0.05, 0) is 24.3 Å². The van der Waals surface area contributed by atoms with Crippen LogP contribution in [0.5, 0.6) is 0 Å². The third-order valence-electron chi connectivity index (χ3n) is 3.72. The Morgan fingerprint density at radius 3 is 2.40 bits per heavy atom. The third-order valence-corrected chi connectivity index (χ3v) is 3.72. The summed E-state index contributed by atoms with van der Waals surface area (Å²) < 4.78 is 0. The molecule has 1 aliphatic heterocycles. The van der Waals surface area contributed by atoms with Gasteiger partial charge in [0.1, 0.15) is 0 Å². The molecule has 0 aromatic rings. The Bertz CT molecular complexity index is 284. The molecule has 1 nitrogen and oxygen atoms in total. The summed E-state index contributed by atoms with van der Waals surface area (Å²) in [6, 6.07) is 0. The van der Waals surface area contributed by atoms with Gasteiger partial charge in [-0.15, -0.1) is 0 Å². The molecule has 1 heterocycles. The second-order valence-corrected chi connectivity index (χ2v) is 5.25. The topological polar surface area (TPSA) is 3.24 Å². The van der Waals surface area contributed by atoms with E-state index in [1.165, 1.54) is 17.7 Å². The Kier molecular flexibility index (Phi) is 3.64. The van der Waals surface area contributed by atoms with E-state index < -0.39 is 0 Å². The van der Waals surface area contributed by atoms with Gasteiger partial charge in [0.15, 0.2) is 0 Å². The van der Waals surface area contributed by atoms with Gasteiger partial charge in [0.05, 0.1) is 0 Å². The van der Waals surface area contributed by atoms with Crippen LogP contribution in [-0.2, 0) is 0 Å². The van der Waals surface area contributed by atoms with Crippen LogP contribution in [0.15, 0.2) is 23.5 Å². The number of hydrogen-bond acceptors (Lipinski definition) is 1. The van der Waals surface area contributed by atoms with Crippen molar-refractivity contribution in [3.8, 4) is 0 Å². The average Bonchev–Trinajstić information content (AvgIpc) is 2.20. The van der Waals surface area contributed by atoms with Crippen molar-refractivity contribution < 1.29 is 0 Å². The molecule has 0 saturated carbocycles. The monoisotopic (exact) mass is 207 g/mol. The molecule has 15 heavy (non-hydrogen) atoms. The Hall–Kier alpha value is -0.720. The Morgan fingerprint density at radius 2 is 1.93 bits per heavy atom. The summed E-state index contributed by atoms with van der Waals surface area (Å²) in [7, 11) is 2.17. The molecule has 1 aliphatic rings. The number of nitrogens with zero attached hydrogens (tertiary/aromatic N) is 1. The van der Waals surface area contributed by atoms with E-state index in [-0.39, 0.29) is 0 Å². The van der Waals surface area contributed by atoms with Crippen LogP contribution in [0.2, 0.25) is 0 Å². The van der Waals surface area contributed by atoms with Crippen LogP contribution in [0.3, 0.4) is 0 Å². The molecule has 0 N–H and O–H groups in total. The molecule has 0 aliphatic carbocycles. The largest absolute Gasteiger partial charge is 0.354 e. The van der Waals surface area contributed by atoms with Crippen molar-refractivity contribution in [2.45, 2.75) is 47.5 Å². The molecule has 0 radical (unpaired) electrons. The van der Waals surface area contributed by atoms with E-state index in [0.717, 1.165) is 6.42 Å². The molecule has 0 bridgehead atoms. The molecule has 1 unspecified atom stereocenters. The number of rotatable bonds is 3. The maximum atomic E-state index is 2.43. The van der Waals surface area contributed by atoms with E-state index in [1.807, 2.05) is 0 Å². The van der Waals surface area contributed by atoms with Crippen LogP contribution >= 0.6 is 0 Å². The first kappa shape index (κ1) is 12.4. The molecule has 0 amide bonds. The fourth-order valence-electron chi connectivity index (χ4n) is 2.19. The maximum Gasteiger partial charge on any atom is 0.0193 e. The fraction of sp³-hybridized carbons (Fsp3) is 0.714. The zero-order chi connectivity index (χ0) is 11.6. The molecule has 1 rings (SSSR count). The minimum atomic E-state index is 0.290. The highest BCUT2D eigenvalue weighted by molar-refractivity contribution is 5.26. The lowest BCUT2D eigenvalue weighted by Crippen LogP contribution is -2.29. The standard InChI is InChI=1S/C14H25N/c1-7-12-10-15(6)13(9-11(12)3)14(4,5)8-2/h9-11H,7-8H2,1-6H3. The zero-order valence-electron chi connectivity index (χ0n) is 11.1. The van der Waals surface area contributed by atoms with Gasteiger partial charge in [0.2, 0.25) is 0 Å². The van der Waals surface area contributed by atoms with E-state index in [4.69, 9.17) is 0 Å². The van der Waals surface area contributed by atoms with Gasteiger partial charge in [0.25, 0.3) is 0 Å². The second-order valence-electron chi connectivity index (χ2n) is 5.25. The third kappa shape index (κ3) is 2.45. The predicted octanol–water partition coefficient (Wildman–Crippen LogP) is 4.18. The minimum absolute atomic E-state index is 0.290. The van der Waals surface area contributed by atoms with Gasteiger partial charge in [-0.25, -0.2) is 0 Å². The van der Waals surface area contributed by atoms with Crippen molar-refractivity contribution in [3.63, 3.8) is 0 Å². The summed E-state index contributed by atoms with van der Waals surface area (Å²) in [6.07, 6.45) is 7.09. The molecule has 1 atom stereocenters. The van der Waals surface area contributed by atoms with Crippen molar-refractivity contribution in [2.24, 2.45) is 11.3 Å². The lowest BCUT2D eigenvalue weighted by Gasteiger charge is -2.37. The van der Waals surface area contributed by atoms with Crippen molar-refractivity contribution in [3.05, 3.63) is 23.5 Å². The van der Waals surface area contributed by atoms with Crippen LogP contribution in [0.25, 0.3) is 0 Å². The first-order chi connectivity index (χ1) is 6.92. The van der Waals surface area contributed by atoms with E-state index in [0.29, 0.717) is 11.3 Å². The molecule has 0 spiro atoms. The smallest absolute Gasteiger partial charge is 0.0193 e. The van der Waals surface area contributed by atoms with Crippen LogP contribution < -0.4 is 0 Å². The van der Waals surface area contributed by atoms with Crippen molar-refractivity contribution >= 4 is 0 Å². The van der Waals surface area contributed by atoms with Gasteiger partial charge in [-0.2, -0.15) is 0 Å². The lowest BCUT2D eigenvalue weighted by atomic mass is 9.81. The Labute approximate surface area is 94.9 Å². The van der Waals surface area contributed by atoms with Crippen LogP contribution in [-0.4, -0.2) is 11.9 Å². The predicted molar refractivity (Wildman–Crippen MR) is 67.5 cm³/mol. The van der Waals surface area contributed by atoms with Gasteiger partial charge in [-0.3, -0.25) is 0 Å². The van der Waals surface area contributed by atoms with Crippen molar-refractivity contribution in [1.29, 1.82) is 0 Å². The van der Waals surface area contributed by atoms with E-state index >= 15 is 0 Å². The van der Waals surface area contributed by atoms with E-state index in [2.05, 4.69) is 58.8 Å².